The first-order chi connectivity index (χ1) is 12.2. The number of halogens is 1. The van der Waals surface area contributed by atoms with E-state index in [-0.39, 0.29) is 17.9 Å². The molecule has 0 unspecified atom stereocenters. The molecule has 5 nitrogen and oxygen atoms in total. The number of fused-ring (bicyclic) bond motifs is 1. The van der Waals surface area contributed by atoms with Gasteiger partial charge in [-0.15, -0.1) is 11.3 Å². The molecular formula is C19H23ClN2O3S. The SMILES string of the molecule is CC(C)(C)OC(=O)N1CC[C@H](CNC(=O)c2cc3ccc(Cl)cc3s2)C1. The van der Waals surface area contributed by atoms with Gasteiger partial charge >= 0.3 is 6.09 Å². The van der Waals surface area contributed by atoms with E-state index in [1.54, 1.807) is 4.90 Å². The Labute approximate surface area is 162 Å². The van der Waals surface area contributed by atoms with Gasteiger partial charge in [0.2, 0.25) is 0 Å². The fourth-order valence-corrected chi connectivity index (χ4v) is 4.19. The van der Waals surface area contributed by atoms with E-state index < -0.39 is 5.60 Å². The minimum Gasteiger partial charge on any atom is -0.444 e. The van der Waals surface area contributed by atoms with Crippen molar-refractivity contribution in [2.45, 2.75) is 32.8 Å². The first-order valence-corrected chi connectivity index (χ1v) is 9.86. The van der Waals surface area contributed by atoms with Gasteiger partial charge in [-0.3, -0.25) is 4.79 Å². The Morgan fingerprint density at radius 2 is 2.12 bits per heavy atom. The van der Waals surface area contributed by atoms with E-state index in [2.05, 4.69) is 5.32 Å². The Morgan fingerprint density at radius 3 is 2.85 bits per heavy atom. The molecule has 2 heterocycles. The zero-order valence-corrected chi connectivity index (χ0v) is 16.7. The molecule has 1 aromatic carbocycles. The number of carbonyl (C=O) groups excluding carboxylic acids is 2. The fraction of sp³-hybridized carbons (Fsp3) is 0.474. The first-order valence-electron chi connectivity index (χ1n) is 8.66. The summed E-state index contributed by atoms with van der Waals surface area (Å²) in [6.07, 6.45) is 0.578. The maximum atomic E-state index is 12.4. The predicted molar refractivity (Wildman–Crippen MR) is 105 cm³/mol. The van der Waals surface area contributed by atoms with Crippen LogP contribution in [0.25, 0.3) is 10.1 Å². The molecule has 2 amide bonds. The lowest BCUT2D eigenvalue weighted by molar-refractivity contribution is 0.0288. The topological polar surface area (TPSA) is 58.6 Å². The summed E-state index contributed by atoms with van der Waals surface area (Å²) in [5.74, 6) is 0.160. The lowest BCUT2D eigenvalue weighted by Crippen LogP contribution is -2.36. The molecule has 0 bridgehead atoms. The molecule has 26 heavy (non-hydrogen) atoms. The fourth-order valence-electron chi connectivity index (χ4n) is 2.93. The molecular weight excluding hydrogens is 372 g/mol. The summed E-state index contributed by atoms with van der Waals surface area (Å²) >= 11 is 7.43. The summed E-state index contributed by atoms with van der Waals surface area (Å²) in [5, 5.41) is 4.67. The van der Waals surface area contributed by atoms with Crippen LogP contribution in [-0.4, -0.2) is 42.1 Å². The molecule has 0 radical (unpaired) electrons. The second kappa shape index (κ2) is 7.45. The molecule has 1 aliphatic heterocycles. The number of benzene rings is 1. The first kappa shape index (κ1) is 19.0. The highest BCUT2D eigenvalue weighted by molar-refractivity contribution is 7.20. The van der Waals surface area contributed by atoms with Gasteiger partial charge in [-0.2, -0.15) is 0 Å². The van der Waals surface area contributed by atoms with Crippen molar-refractivity contribution in [2.24, 2.45) is 5.92 Å². The van der Waals surface area contributed by atoms with Crippen molar-refractivity contribution in [3.8, 4) is 0 Å². The number of nitrogens with one attached hydrogen (secondary N) is 1. The van der Waals surface area contributed by atoms with E-state index in [9.17, 15) is 9.59 Å². The van der Waals surface area contributed by atoms with Crippen molar-refractivity contribution in [2.75, 3.05) is 19.6 Å². The van der Waals surface area contributed by atoms with Crippen molar-refractivity contribution in [1.82, 2.24) is 10.2 Å². The smallest absolute Gasteiger partial charge is 0.410 e. The minimum atomic E-state index is -0.493. The highest BCUT2D eigenvalue weighted by Gasteiger charge is 2.30. The maximum absolute atomic E-state index is 12.4. The largest absolute Gasteiger partial charge is 0.444 e. The zero-order valence-electron chi connectivity index (χ0n) is 15.2. The van der Waals surface area contributed by atoms with E-state index >= 15 is 0 Å². The average molecular weight is 395 g/mol. The number of thiophene rings is 1. The normalized spacial score (nSPS) is 17.5. The van der Waals surface area contributed by atoms with Gasteiger partial charge in [0.25, 0.3) is 5.91 Å². The van der Waals surface area contributed by atoms with Crippen LogP contribution in [0.4, 0.5) is 4.79 Å². The third-order valence-electron chi connectivity index (χ3n) is 4.19. The Morgan fingerprint density at radius 1 is 1.35 bits per heavy atom. The zero-order chi connectivity index (χ0) is 18.9. The molecule has 1 atom stereocenters. The standard InChI is InChI=1S/C19H23ClN2O3S/c1-19(2,3)25-18(24)22-7-6-12(11-22)10-21-17(23)16-8-13-4-5-14(20)9-15(13)26-16/h4-5,8-9,12H,6-7,10-11H2,1-3H3,(H,21,23)/t12-/m1/s1. The molecule has 0 saturated carbocycles. The summed E-state index contributed by atoms with van der Waals surface area (Å²) in [6.45, 7) is 7.39. The Bertz CT molecular complexity index is 828. The lowest BCUT2D eigenvalue weighted by atomic mass is 10.1. The summed E-state index contributed by atoms with van der Waals surface area (Å²) in [4.78, 5) is 26.9. The van der Waals surface area contributed by atoms with Gasteiger partial charge in [0, 0.05) is 29.4 Å². The van der Waals surface area contributed by atoms with Crippen LogP contribution in [0.5, 0.6) is 0 Å². The van der Waals surface area contributed by atoms with Crippen LogP contribution in [0.15, 0.2) is 24.3 Å². The van der Waals surface area contributed by atoms with Gasteiger partial charge in [-0.25, -0.2) is 4.79 Å². The number of hydrogen-bond acceptors (Lipinski definition) is 4. The molecule has 1 aromatic heterocycles. The van der Waals surface area contributed by atoms with Crippen molar-refractivity contribution in [3.05, 3.63) is 34.2 Å². The van der Waals surface area contributed by atoms with Crippen LogP contribution in [0.3, 0.4) is 0 Å². The van der Waals surface area contributed by atoms with E-state index in [0.29, 0.717) is 29.5 Å². The number of ether oxygens (including phenoxy) is 1. The van der Waals surface area contributed by atoms with Gasteiger partial charge in [0.1, 0.15) is 5.60 Å². The summed E-state index contributed by atoms with van der Waals surface area (Å²) in [6, 6.07) is 7.49. The van der Waals surface area contributed by atoms with Crippen LogP contribution in [-0.2, 0) is 4.74 Å². The molecule has 0 aliphatic carbocycles. The minimum absolute atomic E-state index is 0.0851. The third kappa shape index (κ3) is 4.68. The van der Waals surface area contributed by atoms with Crippen molar-refractivity contribution in [1.29, 1.82) is 0 Å². The van der Waals surface area contributed by atoms with Crippen molar-refractivity contribution < 1.29 is 14.3 Å². The quantitative estimate of drug-likeness (QED) is 0.831. The van der Waals surface area contributed by atoms with Crippen molar-refractivity contribution >= 4 is 45.0 Å². The van der Waals surface area contributed by atoms with Crippen LogP contribution < -0.4 is 5.32 Å². The second-order valence-corrected chi connectivity index (χ2v) is 9.10. The van der Waals surface area contributed by atoms with E-state index in [4.69, 9.17) is 16.3 Å². The number of rotatable bonds is 3. The molecule has 1 saturated heterocycles. The molecule has 140 valence electrons. The Kier molecular flexibility index (Phi) is 5.44. The number of carbonyl (C=O) groups is 2. The van der Waals surface area contributed by atoms with Crippen LogP contribution >= 0.6 is 22.9 Å². The Hall–Kier alpha value is -1.79. The molecule has 1 N–H and O–H groups in total. The summed E-state index contributed by atoms with van der Waals surface area (Å²) < 4.78 is 6.40. The average Bonchev–Trinajstić information content (AvgIpc) is 3.17. The summed E-state index contributed by atoms with van der Waals surface area (Å²) in [5.41, 5.74) is -0.493. The number of nitrogens with zero attached hydrogens (tertiary/aromatic N) is 1. The maximum Gasteiger partial charge on any atom is 0.410 e. The van der Waals surface area contributed by atoms with Crippen molar-refractivity contribution in [3.63, 3.8) is 0 Å². The van der Waals surface area contributed by atoms with Crippen LogP contribution in [0.1, 0.15) is 36.9 Å². The number of likely N-dealkylation sites (tertiary alicyclic amines) is 1. The summed E-state index contributed by atoms with van der Waals surface area (Å²) in [7, 11) is 0. The molecule has 1 aliphatic rings. The molecule has 2 aromatic rings. The van der Waals surface area contributed by atoms with Crippen LogP contribution in [0, 0.1) is 5.92 Å². The molecule has 7 heteroatoms. The number of amides is 2. The molecule has 3 rings (SSSR count). The Balaban J connectivity index is 1.52. The molecule has 1 fully saturated rings. The lowest BCUT2D eigenvalue weighted by Gasteiger charge is -2.24. The number of hydrogen-bond donors (Lipinski definition) is 1. The van der Waals surface area contributed by atoms with E-state index in [0.717, 1.165) is 16.5 Å². The highest BCUT2D eigenvalue weighted by atomic mass is 35.5. The van der Waals surface area contributed by atoms with Gasteiger partial charge < -0.3 is 15.0 Å². The monoisotopic (exact) mass is 394 g/mol. The van der Waals surface area contributed by atoms with Gasteiger partial charge in [0.15, 0.2) is 0 Å². The second-order valence-electron chi connectivity index (χ2n) is 7.58. The van der Waals surface area contributed by atoms with Crippen LogP contribution in [0.2, 0.25) is 5.02 Å². The van der Waals surface area contributed by atoms with E-state index in [1.807, 2.05) is 45.0 Å². The van der Waals surface area contributed by atoms with Gasteiger partial charge in [0.05, 0.1) is 4.88 Å². The predicted octanol–water partition coefficient (Wildman–Crippen LogP) is 4.54. The van der Waals surface area contributed by atoms with Gasteiger partial charge in [-0.05, 0) is 56.7 Å². The highest BCUT2D eigenvalue weighted by Crippen LogP contribution is 2.28. The molecule has 0 spiro atoms. The third-order valence-corrected chi connectivity index (χ3v) is 5.53. The van der Waals surface area contributed by atoms with E-state index in [1.165, 1.54) is 11.3 Å². The van der Waals surface area contributed by atoms with Gasteiger partial charge in [-0.1, -0.05) is 17.7 Å².